The number of benzene rings is 1. The minimum atomic E-state index is -3.12. The Morgan fingerprint density at radius 1 is 1.33 bits per heavy atom. The van der Waals surface area contributed by atoms with Crippen molar-refractivity contribution >= 4 is 15.5 Å². The van der Waals surface area contributed by atoms with Crippen LogP contribution >= 0.6 is 0 Å². The van der Waals surface area contributed by atoms with Crippen molar-refractivity contribution in [1.29, 1.82) is 0 Å². The van der Waals surface area contributed by atoms with Crippen molar-refractivity contribution in [3.05, 3.63) is 23.8 Å². The molecule has 0 unspecified atom stereocenters. The molecule has 1 rings (SSSR count). The molecule has 0 bridgehead atoms. The van der Waals surface area contributed by atoms with Crippen LogP contribution in [0.25, 0.3) is 0 Å². The summed E-state index contributed by atoms with van der Waals surface area (Å²) >= 11 is 0. The van der Waals surface area contributed by atoms with Gasteiger partial charge in [0.15, 0.2) is 9.84 Å². The molecular formula is C11H17NO2S. The molecule has 0 saturated carbocycles. The zero-order valence-corrected chi connectivity index (χ0v) is 9.97. The van der Waals surface area contributed by atoms with E-state index in [2.05, 4.69) is 0 Å². The first-order valence-electron chi connectivity index (χ1n) is 5.06. The van der Waals surface area contributed by atoms with E-state index in [0.717, 1.165) is 12.0 Å². The lowest BCUT2D eigenvalue weighted by Crippen LogP contribution is -2.07. The summed E-state index contributed by atoms with van der Waals surface area (Å²) in [6.07, 6.45) is 1.58. The van der Waals surface area contributed by atoms with Gasteiger partial charge in [-0.25, -0.2) is 8.42 Å². The molecule has 0 radical (unpaired) electrons. The van der Waals surface area contributed by atoms with Gasteiger partial charge in [0.05, 0.1) is 10.6 Å². The minimum Gasteiger partial charge on any atom is -0.399 e. The van der Waals surface area contributed by atoms with Gasteiger partial charge in [0, 0.05) is 5.69 Å². The number of unbranched alkanes of at least 4 members (excludes halogenated alkanes) is 1. The van der Waals surface area contributed by atoms with E-state index >= 15 is 0 Å². The molecule has 4 heteroatoms. The van der Waals surface area contributed by atoms with Gasteiger partial charge in [0.25, 0.3) is 0 Å². The van der Waals surface area contributed by atoms with Crippen LogP contribution in [0.1, 0.15) is 25.3 Å². The Hall–Kier alpha value is -1.03. The Morgan fingerprint density at radius 3 is 2.53 bits per heavy atom. The van der Waals surface area contributed by atoms with Gasteiger partial charge in [0.2, 0.25) is 0 Å². The zero-order valence-electron chi connectivity index (χ0n) is 9.16. The first-order chi connectivity index (χ1) is 6.97. The van der Waals surface area contributed by atoms with Crippen LogP contribution in [0.4, 0.5) is 5.69 Å². The van der Waals surface area contributed by atoms with E-state index in [1.165, 1.54) is 0 Å². The molecule has 0 fully saturated rings. The highest BCUT2D eigenvalue weighted by Crippen LogP contribution is 2.18. The van der Waals surface area contributed by atoms with E-state index in [9.17, 15) is 8.42 Å². The molecule has 0 aliphatic carbocycles. The lowest BCUT2D eigenvalue weighted by molar-refractivity contribution is 0.592. The summed E-state index contributed by atoms with van der Waals surface area (Å²) < 4.78 is 23.6. The predicted octanol–water partition coefficient (Wildman–Crippen LogP) is 2.15. The first-order valence-corrected chi connectivity index (χ1v) is 6.71. The maximum Gasteiger partial charge on any atom is 0.178 e. The summed E-state index contributed by atoms with van der Waals surface area (Å²) in [5.41, 5.74) is 7.08. The summed E-state index contributed by atoms with van der Waals surface area (Å²) in [5, 5.41) is 0. The Bertz CT molecular complexity index is 438. The summed E-state index contributed by atoms with van der Waals surface area (Å²) in [6.45, 7) is 3.79. The van der Waals surface area contributed by atoms with Crippen LogP contribution < -0.4 is 5.73 Å². The molecule has 0 saturated heterocycles. The van der Waals surface area contributed by atoms with Gasteiger partial charge in [-0.15, -0.1) is 0 Å². The number of sulfone groups is 1. The molecule has 0 aliphatic rings. The summed E-state index contributed by atoms with van der Waals surface area (Å²) in [4.78, 5) is 0.377. The molecule has 0 aliphatic heterocycles. The molecule has 3 nitrogen and oxygen atoms in total. The lowest BCUT2D eigenvalue weighted by atomic mass is 10.2. The van der Waals surface area contributed by atoms with Gasteiger partial charge in [-0.3, -0.25) is 0 Å². The second-order valence-corrected chi connectivity index (χ2v) is 5.80. The molecule has 15 heavy (non-hydrogen) atoms. The Kier molecular flexibility index (Phi) is 3.74. The average molecular weight is 227 g/mol. The third-order valence-electron chi connectivity index (χ3n) is 2.37. The van der Waals surface area contributed by atoms with Crippen molar-refractivity contribution in [1.82, 2.24) is 0 Å². The van der Waals surface area contributed by atoms with Crippen molar-refractivity contribution < 1.29 is 8.42 Å². The molecular weight excluding hydrogens is 210 g/mol. The van der Waals surface area contributed by atoms with E-state index < -0.39 is 9.84 Å². The van der Waals surface area contributed by atoms with Crippen LogP contribution in [0.15, 0.2) is 23.1 Å². The van der Waals surface area contributed by atoms with Gasteiger partial charge in [-0.05, 0) is 37.1 Å². The molecule has 0 aromatic heterocycles. The van der Waals surface area contributed by atoms with Gasteiger partial charge in [0.1, 0.15) is 0 Å². The van der Waals surface area contributed by atoms with Crippen molar-refractivity contribution in [2.45, 2.75) is 31.6 Å². The zero-order chi connectivity index (χ0) is 11.5. The SMILES string of the molecule is CCCCS(=O)(=O)c1ccc(N)c(C)c1. The Morgan fingerprint density at radius 2 is 2.00 bits per heavy atom. The number of hydrogen-bond donors (Lipinski definition) is 1. The minimum absolute atomic E-state index is 0.215. The molecule has 1 aromatic carbocycles. The monoisotopic (exact) mass is 227 g/mol. The van der Waals surface area contributed by atoms with Crippen molar-refractivity contribution in [3.8, 4) is 0 Å². The second-order valence-electron chi connectivity index (χ2n) is 3.69. The Balaban J connectivity index is 3.00. The third-order valence-corrected chi connectivity index (χ3v) is 4.17. The maximum absolute atomic E-state index is 11.8. The fourth-order valence-corrected chi connectivity index (χ4v) is 2.83. The quantitative estimate of drug-likeness (QED) is 0.802. The molecule has 0 atom stereocenters. The van der Waals surface area contributed by atoms with Crippen LogP contribution in [0.2, 0.25) is 0 Å². The third kappa shape index (κ3) is 2.96. The molecule has 0 heterocycles. The van der Waals surface area contributed by atoms with Crippen LogP contribution in [0.5, 0.6) is 0 Å². The van der Waals surface area contributed by atoms with Crippen molar-refractivity contribution in [3.63, 3.8) is 0 Å². The highest BCUT2D eigenvalue weighted by atomic mass is 32.2. The van der Waals surface area contributed by atoms with Crippen LogP contribution in [0.3, 0.4) is 0 Å². The van der Waals surface area contributed by atoms with E-state index in [4.69, 9.17) is 5.73 Å². The van der Waals surface area contributed by atoms with Crippen LogP contribution in [0, 0.1) is 6.92 Å². The molecule has 1 aromatic rings. The first kappa shape index (κ1) is 12.0. The summed E-state index contributed by atoms with van der Waals surface area (Å²) in [5.74, 6) is 0.215. The summed E-state index contributed by atoms with van der Waals surface area (Å²) in [6, 6.07) is 4.86. The smallest absolute Gasteiger partial charge is 0.178 e. The van der Waals surface area contributed by atoms with E-state index in [-0.39, 0.29) is 5.75 Å². The predicted molar refractivity (Wildman–Crippen MR) is 62.6 cm³/mol. The largest absolute Gasteiger partial charge is 0.399 e. The molecule has 2 N–H and O–H groups in total. The maximum atomic E-state index is 11.8. The molecule has 84 valence electrons. The van der Waals surface area contributed by atoms with Crippen LogP contribution in [-0.4, -0.2) is 14.2 Å². The van der Waals surface area contributed by atoms with Crippen molar-refractivity contribution in [2.75, 3.05) is 11.5 Å². The number of nitrogen functional groups attached to an aromatic ring is 1. The normalized spacial score (nSPS) is 11.6. The number of rotatable bonds is 4. The fraction of sp³-hybridized carbons (Fsp3) is 0.455. The fourth-order valence-electron chi connectivity index (χ4n) is 1.29. The highest BCUT2D eigenvalue weighted by molar-refractivity contribution is 7.91. The lowest BCUT2D eigenvalue weighted by Gasteiger charge is -2.06. The Labute approximate surface area is 91.2 Å². The average Bonchev–Trinajstić information content (AvgIpc) is 2.19. The number of anilines is 1. The van der Waals surface area contributed by atoms with Crippen LogP contribution in [-0.2, 0) is 9.84 Å². The van der Waals surface area contributed by atoms with Gasteiger partial charge < -0.3 is 5.73 Å². The van der Waals surface area contributed by atoms with E-state index in [1.807, 2.05) is 13.8 Å². The van der Waals surface area contributed by atoms with Gasteiger partial charge >= 0.3 is 0 Å². The molecule has 0 spiro atoms. The second kappa shape index (κ2) is 4.66. The van der Waals surface area contributed by atoms with E-state index in [1.54, 1.807) is 18.2 Å². The number of nitrogens with two attached hydrogens (primary N) is 1. The standard InChI is InChI=1S/C11H17NO2S/c1-3-4-7-15(13,14)10-5-6-11(12)9(2)8-10/h5-6,8H,3-4,7,12H2,1-2H3. The number of aryl methyl sites for hydroxylation is 1. The molecule has 0 amide bonds. The topological polar surface area (TPSA) is 60.2 Å². The van der Waals surface area contributed by atoms with E-state index in [0.29, 0.717) is 17.0 Å². The summed E-state index contributed by atoms with van der Waals surface area (Å²) in [7, 11) is -3.12. The van der Waals surface area contributed by atoms with Gasteiger partial charge in [-0.1, -0.05) is 13.3 Å². The number of hydrogen-bond acceptors (Lipinski definition) is 3. The highest BCUT2D eigenvalue weighted by Gasteiger charge is 2.13. The van der Waals surface area contributed by atoms with Gasteiger partial charge in [-0.2, -0.15) is 0 Å². The van der Waals surface area contributed by atoms with Crippen molar-refractivity contribution in [2.24, 2.45) is 0 Å².